The number of rotatable bonds is 3. The van der Waals surface area contributed by atoms with Crippen LogP contribution >= 0.6 is 27.5 Å². The SMILES string of the molecule is Clc1cccc(NCc2nnc3ccc(Br)cn23)c1. The van der Waals surface area contributed by atoms with Crippen LogP contribution < -0.4 is 5.32 Å². The van der Waals surface area contributed by atoms with Gasteiger partial charge in [-0.25, -0.2) is 0 Å². The van der Waals surface area contributed by atoms with Crippen molar-refractivity contribution in [2.75, 3.05) is 5.32 Å². The van der Waals surface area contributed by atoms with Gasteiger partial charge in [0, 0.05) is 21.4 Å². The summed E-state index contributed by atoms with van der Waals surface area (Å²) in [6, 6.07) is 11.4. The lowest BCUT2D eigenvalue weighted by atomic mass is 10.3. The van der Waals surface area contributed by atoms with Gasteiger partial charge < -0.3 is 5.32 Å². The van der Waals surface area contributed by atoms with Gasteiger partial charge in [0.2, 0.25) is 0 Å². The third-order valence-corrected chi connectivity index (χ3v) is 3.42. The normalized spacial score (nSPS) is 10.8. The van der Waals surface area contributed by atoms with Crippen molar-refractivity contribution in [2.45, 2.75) is 6.54 Å². The van der Waals surface area contributed by atoms with Gasteiger partial charge in [0.05, 0.1) is 6.54 Å². The number of anilines is 1. The Morgan fingerprint density at radius 2 is 2.11 bits per heavy atom. The topological polar surface area (TPSA) is 42.2 Å². The molecule has 3 aromatic rings. The molecular weight excluding hydrogens is 328 g/mol. The summed E-state index contributed by atoms with van der Waals surface area (Å²) in [5, 5.41) is 12.3. The summed E-state index contributed by atoms with van der Waals surface area (Å²) in [6.07, 6.45) is 1.95. The van der Waals surface area contributed by atoms with Crippen LogP contribution in [0.25, 0.3) is 5.65 Å². The fourth-order valence-corrected chi connectivity index (χ4v) is 2.34. The van der Waals surface area contributed by atoms with E-state index in [0.29, 0.717) is 11.6 Å². The number of halogens is 2. The van der Waals surface area contributed by atoms with Crippen LogP contribution in [0, 0.1) is 0 Å². The molecule has 0 aliphatic carbocycles. The zero-order valence-electron chi connectivity index (χ0n) is 9.85. The van der Waals surface area contributed by atoms with Crippen LogP contribution in [0.4, 0.5) is 5.69 Å². The Morgan fingerprint density at radius 1 is 1.21 bits per heavy atom. The van der Waals surface area contributed by atoms with Crippen molar-refractivity contribution in [3.8, 4) is 0 Å². The van der Waals surface area contributed by atoms with E-state index in [1.54, 1.807) is 0 Å². The second kappa shape index (κ2) is 5.19. The molecule has 2 heterocycles. The van der Waals surface area contributed by atoms with Crippen LogP contribution in [0.5, 0.6) is 0 Å². The molecule has 96 valence electrons. The molecule has 0 spiro atoms. The van der Waals surface area contributed by atoms with Crippen LogP contribution in [0.1, 0.15) is 5.82 Å². The van der Waals surface area contributed by atoms with Gasteiger partial charge in [0.15, 0.2) is 11.5 Å². The highest BCUT2D eigenvalue weighted by Gasteiger charge is 2.05. The van der Waals surface area contributed by atoms with Crippen molar-refractivity contribution in [3.05, 3.63) is 57.9 Å². The number of hydrogen-bond acceptors (Lipinski definition) is 3. The van der Waals surface area contributed by atoms with Gasteiger partial charge in [0.1, 0.15) is 0 Å². The fraction of sp³-hybridized carbons (Fsp3) is 0.0769. The molecule has 2 aromatic heterocycles. The largest absolute Gasteiger partial charge is 0.378 e. The fourth-order valence-electron chi connectivity index (χ4n) is 1.81. The highest BCUT2D eigenvalue weighted by molar-refractivity contribution is 9.10. The van der Waals surface area contributed by atoms with Crippen molar-refractivity contribution in [2.24, 2.45) is 0 Å². The van der Waals surface area contributed by atoms with Crippen LogP contribution in [0.2, 0.25) is 5.02 Å². The molecule has 0 saturated carbocycles. The number of nitrogens with zero attached hydrogens (tertiary/aromatic N) is 3. The lowest BCUT2D eigenvalue weighted by Crippen LogP contribution is -2.04. The summed E-state index contributed by atoms with van der Waals surface area (Å²) < 4.78 is 2.94. The summed E-state index contributed by atoms with van der Waals surface area (Å²) in [4.78, 5) is 0. The van der Waals surface area contributed by atoms with E-state index in [4.69, 9.17) is 11.6 Å². The van der Waals surface area contributed by atoms with Gasteiger partial charge in [-0.2, -0.15) is 0 Å². The van der Waals surface area contributed by atoms with Gasteiger partial charge in [0.25, 0.3) is 0 Å². The van der Waals surface area contributed by atoms with E-state index < -0.39 is 0 Å². The lowest BCUT2D eigenvalue weighted by Gasteiger charge is -2.05. The Morgan fingerprint density at radius 3 is 2.95 bits per heavy atom. The average Bonchev–Trinajstić information content (AvgIpc) is 2.79. The van der Waals surface area contributed by atoms with Gasteiger partial charge in [-0.1, -0.05) is 17.7 Å². The molecule has 0 aliphatic heterocycles. The first-order valence-corrected chi connectivity index (χ1v) is 6.88. The summed E-state index contributed by atoms with van der Waals surface area (Å²) in [5.74, 6) is 0.844. The highest BCUT2D eigenvalue weighted by atomic mass is 79.9. The van der Waals surface area contributed by atoms with Crippen molar-refractivity contribution >= 4 is 38.9 Å². The Labute approximate surface area is 123 Å². The Balaban J connectivity index is 1.84. The summed E-state index contributed by atoms with van der Waals surface area (Å²) in [5.41, 5.74) is 1.78. The third kappa shape index (κ3) is 2.72. The molecule has 0 bridgehead atoms. The smallest absolute Gasteiger partial charge is 0.160 e. The van der Waals surface area contributed by atoms with E-state index in [1.807, 2.05) is 47.0 Å². The highest BCUT2D eigenvalue weighted by Crippen LogP contribution is 2.16. The van der Waals surface area contributed by atoms with Crippen LogP contribution in [-0.4, -0.2) is 14.6 Å². The molecule has 0 radical (unpaired) electrons. The number of benzene rings is 1. The predicted octanol–water partition coefficient (Wildman–Crippen LogP) is 3.76. The van der Waals surface area contributed by atoms with Crippen LogP contribution in [0.3, 0.4) is 0 Å². The van der Waals surface area contributed by atoms with Gasteiger partial charge in [-0.15, -0.1) is 10.2 Å². The molecule has 0 atom stereocenters. The minimum Gasteiger partial charge on any atom is -0.378 e. The molecule has 0 saturated heterocycles. The molecule has 4 nitrogen and oxygen atoms in total. The van der Waals surface area contributed by atoms with E-state index in [0.717, 1.165) is 21.6 Å². The zero-order chi connectivity index (χ0) is 13.2. The molecule has 3 rings (SSSR count). The predicted molar refractivity (Wildman–Crippen MR) is 79.5 cm³/mol. The number of fused-ring (bicyclic) bond motifs is 1. The maximum absolute atomic E-state index is 5.94. The van der Waals surface area contributed by atoms with Crippen LogP contribution in [-0.2, 0) is 6.54 Å². The quantitative estimate of drug-likeness (QED) is 0.791. The first-order valence-electron chi connectivity index (χ1n) is 5.71. The second-order valence-corrected chi connectivity index (χ2v) is 5.41. The maximum Gasteiger partial charge on any atom is 0.160 e. The monoisotopic (exact) mass is 336 g/mol. The molecular formula is C13H10BrClN4. The zero-order valence-corrected chi connectivity index (χ0v) is 12.2. The summed E-state index contributed by atoms with van der Waals surface area (Å²) in [6.45, 7) is 0.581. The average molecular weight is 338 g/mol. The Kier molecular flexibility index (Phi) is 3.40. The summed E-state index contributed by atoms with van der Waals surface area (Å²) in [7, 11) is 0. The van der Waals surface area contributed by atoms with Crippen molar-refractivity contribution in [1.29, 1.82) is 0 Å². The van der Waals surface area contributed by atoms with Gasteiger partial charge in [-0.3, -0.25) is 4.40 Å². The van der Waals surface area contributed by atoms with E-state index in [2.05, 4.69) is 31.4 Å². The Bertz CT molecular complexity index is 725. The van der Waals surface area contributed by atoms with E-state index in [-0.39, 0.29) is 0 Å². The van der Waals surface area contributed by atoms with Crippen molar-refractivity contribution < 1.29 is 0 Å². The van der Waals surface area contributed by atoms with Crippen molar-refractivity contribution in [1.82, 2.24) is 14.6 Å². The molecule has 0 amide bonds. The summed E-state index contributed by atoms with van der Waals surface area (Å²) >= 11 is 9.38. The first-order chi connectivity index (χ1) is 9.22. The van der Waals surface area contributed by atoms with E-state index in [9.17, 15) is 0 Å². The molecule has 1 N–H and O–H groups in total. The first kappa shape index (κ1) is 12.4. The minimum atomic E-state index is 0.581. The second-order valence-electron chi connectivity index (χ2n) is 4.06. The van der Waals surface area contributed by atoms with Gasteiger partial charge >= 0.3 is 0 Å². The van der Waals surface area contributed by atoms with E-state index in [1.165, 1.54) is 0 Å². The molecule has 0 unspecified atom stereocenters. The Hall–Kier alpha value is -1.59. The molecule has 0 aliphatic rings. The van der Waals surface area contributed by atoms with Crippen LogP contribution in [0.15, 0.2) is 47.1 Å². The van der Waals surface area contributed by atoms with Crippen molar-refractivity contribution in [3.63, 3.8) is 0 Å². The molecule has 0 fully saturated rings. The number of nitrogens with one attached hydrogen (secondary N) is 1. The number of pyridine rings is 1. The maximum atomic E-state index is 5.94. The minimum absolute atomic E-state index is 0.581. The molecule has 19 heavy (non-hydrogen) atoms. The lowest BCUT2D eigenvalue weighted by molar-refractivity contribution is 0.916. The van der Waals surface area contributed by atoms with Gasteiger partial charge in [-0.05, 0) is 46.3 Å². The van der Waals surface area contributed by atoms with E-state index >= 15 is 0 Å². The molecule has 1 aromatic carbocycles. The molecule has 6 heteroatoms. The number of aromatic nitrogens is 3. The standard InChI is InChI=1S/C13H10BrClN4/c14-9-4-5-12-17-18-13(19(12)8-9)7-16-11-3-1-2-10(15)6-11/h1-6,8,16H,7H2. The number of hydrogen-bond donors (Lipinski definition) is 1. The third-order valence-electron chi connectivity index (χ3n) is 2.71.